The van der Waals surface area contributed by atoms with Gasteiger partial charge >= 0.3 is 0 Å². The van der Waals surface area contributed by atoms with E-state index in [2.05, 4.69) is 5.32 Å². The molecule has 1 saturated heterocycles. The van der Waals surface area contributed by atoms with E-state index in [1.165, 1.54) is 35.7 Å². The second kappa shape index (κ2) is 6.56. The largest absolute Gasteiger partial charge is 0.349 e. The molecule has 136 valence electrons. The van der Waals surface area contributed by atoms with E-state index in [4.69, 9.17) is 11.6 Å². The average molecular weight is 383 g/mol. The molecule has 0 spiro atoms. The minimum absolute atomic E-state index is 0.0386. The van der Waals surface area contributed by atoms with Crippen LogP contribution in [0.4, 0.5) is 0 Å². The highest BCUT2D eigenvalue weighted by atomic mass is 35.5. The van der Waals surface area contributed by atoms with E-state index in [1.54, 1.807) is 6.07 Å². The molecule has 2 aliphatic carbocycles. The molecule has 2 bridgehead atoms. The fraction of sp³-hybridized carbons (Fsp3) is 0.611. The second-order valence-electron chi connectivity index (χ2n) is 7.51. The van der Waals surface area contributed by atoms with Crippen molar-refractivity contribution in [2.75, 3.05) is 13.1 Å². The predicted octanol–water partition coefficient (Wildman–Crippen LogP) is 3.04. The van der Waals surface area contributed by atoms with Gasteiger partial charge in [-0.2, -0.15) is 4.31 Å². The first-order valence-corrected chi connectivity index (χ1v) is 10.9. The van der Waals surface area contributed by atoms with Gasteiger partial charge < -0.3 is 5.32 Å². The number of halogens is 1. The van der Waals surface area contributed by atoms with Crippen LogP contribution in [0, 0.1) is 11.8 Å². The van der Waals surface area contributed by atoms with Gasteiger partial charge in [0, 0.05) is 24.7 Å². The second-order valence-corrected chi connectivity index (χ2v) is 9.82. The normalized spacial score (nSPS) is 29.2. The summed E-state index contributed by atoms with van der Waals surface area (Å²) < 4.78 is 27.0. The van der Waals surface area contributed by atoms with Crippen LogP contribution in [0.25, 0.3) is 0 Å². The number of benzene rings is 1. The Morgan fingerprint density at radius 3 is 2.56 bits per heavy atom. The van der Waals surface area contributed by atoms with Crippen molar-refractivity contribution >= 4 is 27.5 Å². The number of nitrogens with one attached hydrogen (secondary N) is 1. The zero-order valence-electron chi connectivity index (χ0n) is 14.1. The van der Waals surface area contributed by atoms with Gasteiger partial charge in [-0.15, -0.1) is 0 Å². The third-order valence-corrected chi connectivity index (χ3v) is 8.31. The van der Waals surface area contributed by atoms with Gasteiger partial charge in [0.05, 0.1) is 5.02 Å². The van der Waals surface area contributed by atoms with Crippen molar-refractivity contribution < 1.29 is 13.2 Å². The molecule has 1 aromatic carbocycles. The maximum absolute atomic E-state index is 12.8. The van der Waals surface area contributed by atoms with Crippen molar-refractivity contribution in [3.8, 4) is 0 Å². The molecule has 4 rings (SSSR count). The molecule has 3 atom stereocenters. The Bertz CT molecular complexity index is 790. The summed E-state index contributed by atoms with van der Waals surface area (Å²) in [6, 6.07) is 4.77. The van der Waals surface area contributed by atoms with E-state index >= 15 is 0 Å². The monoisotopic (exact) mass is 382 g/mol. The van der Waals surface area contributed by atoms with Crippen molar-refractivity contribution in [2.24, 2.45) is 11.8 Å². The van der Waals surface area contributed by atoms with E-state index < -0.39 is 10.0 Å². The summed E-state index contributed by atoms with van der Waals surface area (Å²) in [5.41, 5.74) is 0.366. The van der Waals surface area contributed by atoms with Gasteiger partial charge in [0.1, 0.15) is 4.90 Å². The van der Waals surface area contributed by atoms with Crippen LogP contribution in [0.15, 0.2) is 23.1 Å². The summed E-state index contributed by atoms with van der Waals surface area (Å²) in [5, 5.41) is 3.27. The first-order chi connectivity index (χ1) is 11.9. The zero-order valence-corrected chi connectivity index (χ0v) is 15.7. The van der Waals surface area contributed by atoms with E-state index in [0.717, 1.165) is 25.2 Å². The Morgan fingerprint density at radius 2 is 1.92 bits per heavy atom. The molecule has 1 N–H and O–H groups in total. The van der Waals surface area contributed by atoms with E-state index in [1.807, 2.05) is 0 Å². The minimum atomic E-state index is -3.64. The van der Waals surface area contributed by atoms with Crippen molar-refractivity contribution in [2.45, 2.75) is 49.5 Å². The lowest BCUT2D eigenvalue weighted by atomic mass is 9.95. The summed E-state index contributed by atoms with van der Waals surface area (Å²) in [4.78, 5) is 12.7. The molecule has 0 radical (unpaired) electrons. The van der Waals surface area contributed by atoms with Gasteiger partial charge in [-0.1, -0.05) is 18.0 Å². The molecule has 1 heterocycles. The van der Waals surface area contributed by atoms with Crippen LogP contribution in [0.2, 0.25) is 5.02 Å². The highest BCUT2D eigenvalue weighted by molar-refractivity contribution is 7.89. The van der Waals surface area contributed by atoms with Crippen LogP contribution in [-0.2, 0) is 10.0 Å². The van der Waals surface area contributed by atoms with Crippen molar-refractivity contribution in [1.82, 2.24) is 9.62 Å². The SMILES string of the molecule is O=C(N[C@H]1C[C@H]2CC[C@@H]1C2)c1ccc(Cl)c(S(=O)(=O)N2CCCC2)c1. The molecule has 2 saturated carbocycles. The number of rotatable bonds is 4. The molecule has 5 nitrogen and oxygen atoms in total. The average Bonchev–Trinajstić information content (AvgIpc) is 3.33. The van der Waals surface area contributed by atoms with Crippen LogP contribution in [0.3, 0.4) is 0 Å². The molecule has 3 fully saturated rings. The Balaban J connectivity index is 1.55. The molecular weight excluding hydrogens is 360 g/mol. The number of hydrogen-bond donors (Lipinski definition) is 1. The van der Waals surface area contributed by atoms with Crippen molar-refractivity contribution in [1.29, 1.82) is 0 Å². The van der Waals surface area contributed by atoms with Gasteiger partial charge in [-0.05, 0) is 62.1 Å². The smallest absolute Gasteiger partial charge is 0.251 e. The summed E-state index contributed by atoms with van der Waals surface area (Å²) >= 11 is 6.15. The Hall–Kier alpha value is -1.11. The van der Waals surface area contributed by atoms with E-state index in [-0.39, 0.29) is 21.9 Å². The zero-order chi connectivity index (χ0) is 17.6. The van der Waals surface area contributed by atoms with Gasteiger partial charge in [-0.25, -0.2) is 8.42 Å². The number of sulfonamides is 1. The minimum Gasteiger partial charge on any atom is -0.349 e. The third-order valence-electron chi connectivity index (χ3n) is 5.93. The Kier molecular flexibility index (Phi) is 4.54. The highest BCUT2D eigenvalue weighted by Crippen LogP contribution is 2.44. The Morgan fingerprint density at radius 1 is 1.16 bits per heavy atom. The molecule has 7 heteroatoms. The topological polar surface area (TPSA) is 66.5 Å². The summed E-state index contributed by atoms with van der Waals surface area (Å²) in [7, 11) is -3.64. The maximum Gasteiger partial charge on any atom is 0.251 e. The van der Waals surface area contributed by atoms with Gasteiger partial charge in [0.15, 0.2) is 0 Å². The fourth-order valence-corrected chi connectivity index (χ4v) is 6.60. The molecule has 1 aromatic rings. The molecule has 3 aliphatic rings. The summed E-state index contributed by atoms with van der Waals surface area (Å²) in [6.45, 7) is 1.03. The molecule has 1 amide bonds. The van der Waals surface area contributed by atoms with E-state index in [0.29, 0.717) is 24.6 Å². The van der Waals surface area contributed by atoms with Crippen LogP contribution in [-0.4, -0.2) is 37.8 Å². The van der Waals surface area contributed by atoms with Gasteiger partial charge in [0.2, 0.25) is 10.0 Å². The van der Waals surface area contributed by atoms with Crippen LogP contribution in [0.1, 0.15) is 48.9 Å². The van der Waals surface area contributed by atoms with Gasteiger partial charge in [-0.3, -0.25) is 4.79 Å². The molecule has 0 aromatic heterocycles. The van der Waals surface area contributed by atoms with Gasteiger partial charge in [0.25, 0.3) is 5.91 Å². The van der Waals surface area contributed by atoms with Crippen LogP contribution in [0.5, 0.6) is 0 Å². The maximum atomic E-state index is 12.8. The number of amides is 1. The molecule has 1 aliphatic heterocycles. The quantitative estimate of drug-likeness (QED) is 0.870. The lowest BCUT2D eigenvalue weighted by Crippen LogP contribution is -2.38. The molecule has 25 heavy (non-hydrogen) atoms. The number of carbonyl (C=O) groups is 1. The first kappa shape index (κ1) is 17.3. The van der Waals surface area contributed by atoms with Crippen molar-refractivity contribution in [3.05, 3.63) is 28.8 Å². The van der Waals surface area contributed by atoms with Crippen LogP contribution < -0.4 is 5.32 Å². The van der Waals surface area contributed by atoms with Crippen LogP contribution >= 0.6 is 11.6 Å². The summed E-state index contributed by atoms with van der Waals surface area (Å²) in [5.74, 6) is 1.12. The predicted molar refractivity (Wildman–Crippen MR) is 96.1 cm³/mol. The first-order valence-electron chi connectivity index (χ1n) is 9.06. The van der Waals surface area contributed by atoms with Crippen molar-refractivity contribution in [3.63, 3.8) is 0 Å². The molecular formula is C18H23ClN2O3S. The number of hydrogen-bond acceptors (Lipinski definition) is 3. The molecule has 0 unspecified atom stereocenters. The number of fused-ring (bicyclic) bond motifs is 2. The highest BCUT2D eigenvalue weighted by Gasteiger charge is 2.40. The lowest BCUT2D eigenvalue weighted by molar-refractivity contribution is 0.0922. The number of carbonyl (C=O) groups excluding carboxylic acids is 1. The standard InChI is InChI=1S/C18H23ClN2O3S/c19-15-6-5-14(11-17(15)25(23,24)21-7-1-2-8-21)18(22)20-16-10-12-3-4-13(16)9-12/h5-6,11-13,16H,1-4,7-10H2,(H,20,22)/t12-,13+,16-/m0/s1. The Labute approximate surface area is 153 Å². The number of nitrogens with zero attached hydrogens (tertiary/aromatic N) is 1. The summed E-state index contributed by atoms with van der Waals surface area (Å²) in [6.07, 6.45) is 6.44. The lowest BCUT2D eigenvalue weighted by Gasteiger charge is -2.23. The third kappa shape index (κ3) is 3.20. The fourth-order valence-electron chi connectivity index (χ4n) is 4.58. The van der Waals surface area contributed by atoms with E-state index in [9.17, 15) is 13.2 Å².